The summed E-state index contributed by atoms with van der Waals surface area (Å²) in [6.45, 7) is 0.746. The van der Waals surface area contributed by atoms with Crippen molar-refractivity contribution in [3.63, 3.8) is 0 Å². The van der Waals surface area contributed by atoms with Gasteiger partial charge >= 0.3 is 0 Å². The fraction of sp³-hybridized carbons (Fsp3) is 0.875. The summed E-state index contributed by atoms with van der Waals surface area (Å²) in [5, 5.41) is 30.5. The van der Waals surface area contributed by atoms with Gasteiger partial charge in [-0.3, -0.25) is 9.63 Å². The van der Waals surface area contributed by atoms with Crippen LogP contribution in [0.25, 0.3) is 0 Å². The van der Waals surface area contributed by atoms with Gasteiger partial charge in [0, 0.05) is 6.92 Å². The van der Waals surface area contributed by atoms with E-state index in [4.69, 9.17) is 15.7 Å². The largest absolute Gasteiger partial charge is 0.394 e. The molecule has 0 aromatic carbocycles. The van der Waals surface area contributed by atoms with Crippen molar-refractivity contribution in [2.75, 3.05) is 6.61 Å². The molecule has 0 aromatic rings. The number of ether oxygens (including phenoxy) is 1. The van der Waals surface area contributed by atoms with Crippen molar-refractivity contribution in [2.45, 2.75) is 37.6 Å². The molecule has 0 radical (unpaired) electrons. The molecule has 1 fully saturated rings. The van der Waals surface area contributed by atoms with Gasteiger partial charge in [-0.05, 0) is 0 Å². The lowest BCUT2D eigenvalue weighted by molar-refractivity contribution is -0.271. The number of rotatable bonds is 3. The Bertz CT molecular complexity index is 249. The Morgan fingerprint density at radius 3 is 2.56 bits per heavy atom. The Labute approximate surface area is 91.9 Å². The summed E-state index contributed by atoms with van der Waals surface area (Å²) in [6.07, 6.45) is -4.79. The van der Waals surface area contributed by atoms with E-state index >= 15 is 0 Å². The van der Waals surface area contributed by atoms with Crippen LogP contribution in [0.15, 0.2) is 0 Å². The molecule has 5 atom stereocenters. The zero-order valence-corrected chi connectivity index (χ0v) is 8.74. The molecule has 0 spiro atoms. The SMILES string of the molecule is CC(=O)N[C@H]1[C@H](ON)O[C@H](CO)[C@@H](O)[C@@H]1O. The summed E-state index contributed by atoms with van der Waals surface area (Å²) in [5.41, 5.74) is 0. The molecule has 0 bridgehead atoms. The van der Waals surface area contributed by atoms with Gasteiger partial charge in [-0.15, -0.1) is 0 Å². The number of hydrogen-bond acceptors (Lipinski definition) is 7. The summed E-state index contributed by atoms with van der Waals surface area (Å²) in [5.74, 6) is 4.52. The van der Waals surface area contributed by atoms with E-state index in [1.54, 1.807) is 0 Å². The van der Waals surface area contributed by atoms with Crippen LogP contribution in [0.2, 0.25) is 0 Å². The molecule has 6 N–H and O–H groups in total. The molecular weight excluding hydrogens is 220 g/mol. The predicted molar refractivity (Wildman–Crippen MR) is 50.6 cm³/mol. The van der Waals surface area contributed by atoms with E-state index in [1.165, 1.54) is 6.92 Å². The number of carbonyl (C=O) groups excluding carboxylic acids is 1. The molecular formula is C8H16N2O6. The van der Waals surface area contributed by atoms with Crippen molar-refractivity contribution < 1.29 is 29.7 Å². The molecule has 0 saturated carbocycles. The number of hydrogen-bond donors (Lipinski definition) is 5. The van der Waals surface area contributed by atoms with Crippen LogP contribution < -0.4 is 11.2 Å². The standard InChI is InChI=1S/C8H16N2O6/c1-3(12)10-5-7(14)6(13)4(2-11)15-8(5)16-9/h4-8,11,13-14H,2,9H2,1H3,(H,10,12)/t4-,5-,6-,7-,8+/m1/s1. The van der Waals surface area contributed by atoms with E-state index < -0.39 is 43.2 Å². The summed E-state index contributed by atoms with van der Waals surface area (Å²) in [4.78, 5) is 15.3. The van der Waals surface area contributed by atoms with Gasteiger partial charge in [-0.1, -0.05) is 0 Å². The van der Waals surface area contributed by atoms with Gasteiger partial charge in [0.05, 0.1) is 6.61 Å². The van der Waals surface area contributed by atoms with Crippen molar-refractivity contribution in [1.29, 1.82) is 0 Å². The lowest BCUT2D eigenvalue weighted by Gasteiger charge is -2.41. The number of carbonyl (C=O) groups is 1. The molecule has 1 aliphatic rings. The molecule has 1 saturated heterocycles. The van der Waals surface area contributed by atoms with Crippen LogP contribution >= 0.6 is 0 Å². The van der Waals surface area contributed by atoms with Crippen molar-refractivity contribution >= 4 is 5.91 Å². The second-order valence-corrected chi connectivity index (χ2v) is 3.57. The monoisotopic (exact) mass is 236 g/mol. The first-order valence-corrected chi connectivity index (χ1v) is 4.76. The molecule has 0 aromatic heterocycles. The van der Waals surface area contributed by atoms with Gasteiger partial charge in [0.1, 0.15) is 24.4 Å². The minimum atomic E-state index is -1.33. The Morgan fingerprint density at radius 1 is 1.50 bits per heavy atom. The smallest absolute Gasteiger partial charge is 0.217 e. The molecule has 94 valence electrons. The Hall–Kier alpha value is -0.770. The predicted octanol–water partition coefficient (Wildman–Crippen LogP) is -3.18. The minimum Gasteiger partial charge on any atom is -0.394 e. The van der Waals surface area contributed by atoms with Crippen LogP contribution in [0.3, 0.4) is 0 Å². The van der Waals surface area contributed by atoms with Crippen LogP contribution in [-0.2, 0) is 14.4 Å². The van der Waals surface area contributed by atoms with Crippen LogP contribution in [0.1, 0.15) is 6.92 Å². The van der Waals surface area contributed by atoms with Crippen LogP contribution in [0.4, 0.5) is 0 Å². The maximum Gasteiger partial charge on any atom is 0.217 e. The number of amides is 1. The first-order valence-electron chi connectivity index (χ1n) is 4.76. The second kappa shape index (κ2) is 5.53. The summed E-state index contributed by atoms with van der Waals surface area (Å²) < 4.78 is 5.06. The molecule has 8 heteroatoms. The highest BCUT2D eigenvalue weighted by molar-refractivity contribution is 5.73. The third-order valence-corrected chi connectivity index (χ3v) is 2.38. The molecule has 16 heavy (non-hydrogen) atoms. The maximum absolute atomic E-state index is 10.9. The number of nitrogens with one attached hydrogen (secondary N) is 1. The second-order valence-electron chi connectivity index (χ2n) is 3.57. The van der Waals surface area contributed by atoms with Crippen molar-refractivity contribution in [2.24, 2.45) is 5.90 Å². The Balaban J connectivity index is 2.77. The van der Waals surface area contributed by atoms with Crippen LogP contribution in [0, 0.1) is 0 Å². The topological polar surface area (TPSA) is 134 Å². The van der Waals surface area contributed by atoms with Gasteiger partial charge in [0.15, 0.2) is 6.29 Å². The van der Waals surface area contributed by atoms with Gasteiger partial charge in [-0.25, -0.2) is 5.90 Å². The summed E-state index contributed by atoms with van der Waals surface area (Å²) in [7, 11) is 0. The third kappa shape index (κ3) is 2.67. The average Bonchev–Trinajstić information content (AvgIpc) is 2.25. The van der Waals surface area contributed by atoms with E-state index in [0.29, 0.717) is 0 Å². The molecule has 0 aliphatic carbocycles. The van der Waals surface area contributed by atoms with Crippen LogP contribution in [0.5, 0.6) is 0 Å². The molecule has 1 rings (SSSR count). The van der Waals surface area contributed by atoms with E-state index in [-0.39, 0.29) is 0 Å². The quantitative estimate of drug-likeness (QED) is 0.326. The lowest BCUT2D eigenvalue weighted by Crippen LogP contribution is -2.65. The zero-order chi connectivity index (χ0) is 12.3. The number of aliphatic hydroxyl groups excluding tert-OH is 3. The minimum absolute atomic E-state index is 0.427. The third-order valence-electron chi connectivity index (χ3n) is 2.38. The van der Waals surface area contributed by atoms with E-state index in [2.05, 4.69) is 10.2 Å². The first-order chi connectivity index (χ1) is 7.51. The zero-order valence-electron chi connectivity index (χ0n) is 8.74. The molecule has 8 nitrogen and oxygen atoms in total. The average molecular weight is 236 g/mol. The molecule has 1 aliphatic heterocycles. The van der Waals surface area contributed by atoms with Crippen molar-refractivity contribution in [3.05, 3.63) is 0 Å². The number of nitrogens with two attached hydrogens (primary N) is 1. The van der Waals surface area contributed by atoms with E-state index in [1.807, 2.05) is 0 Å². The fourth-order valence-electron chi connectivity index (χ4n) is 1.59. The van der Waals surface area contributed by atoms with Crippen molar-refractivity contribution in [1.82, 2.24) is 5.32 Å². The first kappa shape index (κ1) is 13.3. The van der Waals surface area contributed by atoms with E-state index in [9.17, 15) is 15.0 Å². The molecule has 0 unspecified atom stereocenters. The highest BCUT2D eigenvalue weighted by Gasteiger charge is 2.45. The van der Waals surface area contributed by atoms with Gasteiger partial charge in [0.2, 0.25) is 5.91 Å². The lowest BCUT2D eigenvalue weighted by atomic mass is 9.97. The Morgan fingerprint density at radius 2 is 2.12 bits per heavy atom. The molecule has 1 amide bonds. The fourth-order valence-corrected chi connectivity index (χ4v) is 1.59. The summed E-state index contributed by atoms with van der Waals surface area (Å²) in [6, 6.07) is -0.986. The highest BCUT2D eigenvalue weighted by Crippen LogP contribution is 2.20. The van der Waals surface area contributed by atoms with Gasteiger partial charge < -0.3 is 25.4 Å². The van der Waals surface area contributed by atoms with Gasteiger partial charge in [0.25, 0.3) is 0 Å². The normalized spacial score (nSPS) is 39.4. The Kier molecular flexibility index (Phi) is 4.59. The maximum atomic E-state index is 10.9. The summed E-state index contributed by atoms with van der Waals surface area (Å²) >= 11 is 0. The van der Waals surface area contributed by atoms with Gasteiger partial charge in [-0.2, -0.15) is 0 Å². The van der Waals surface area contributed by atoms with Crippen LogP contribution in [-0.4, -0.2) is 58.5 Å². The number of aliphatic hydroxyl groups is 3. The molecule has 1 heterocycles. The van der Waals surface area contributed by atoms with E-state index in [0.717, 1.165) is 0 Å². The van der Waals surface area contributed by atoms with Crippen molar-refractivity contribution in [3.8, 4) is 0 Å². The highest BCUT2D eigenvalue weighted by atomic mass is 16.8.